The number of hydrogen-bond acceptors (Lipinski definition) is 6. The number of alkyl halides is 3. The van der Waals surface area contributed by atoms with Crippen molar-refractivity contribution in [2.75, 3.05) is 18.5 Å². The molecular formula is C16H15F3N2O5. The zero-order chi connectivity index (χ0) is 19.3. The SMILES string of the molecule is O=[N+]([O-])c1cc(NCC(O)CO)cc(Oc2cccc(C(F)(F)F)c2)c1. The molecule has 0 bridgehead atoms. The number of non-ortho nitro benzene ring substituents is 1. The normalized spacial score (nSPS) is 12.5. The molecule has 0 saturated carbocycles. The number of hydrogen-bond donors (Lipinski definition) is 3. The number of benzene rings is 2. The van der Waals surface area contributed by atoms with Gasteiger partial charge in [0.15, 0.2) is 0 Å². The predicted octanol–water partition coefficient (Wildman–Crippen LogP) is 3.17. The van der Waals surface area contributed by atoms with Crippen molar-refractivity contribution in [1.29, 1.82) is 0 Å². The molecule has 26 heavy (non-hydrogen) atoms. The van der Waals surface area contributed by atoms with Crippen LogP contribution in [0.15, 0.2) is 42.5 Å². The first-order chi connectivity index (χ1) is 12.2. The lowest BCUT2D eigenvalue weighted by Crippen LogP contribution is -2.22. The number of aliphatic hydroxyl groups is 2. The first kappa shape index (κ1) is 19.5. The number of nitrogens with one attached hydrogen (secondary N) is 1. The predicted molar refractivity (Wildman–Crippen MR) is 86.2 cm³/mol. The lowest BCUT2D eigenvalue weighted by molar-refractivity contribution is -0.384. The van der Waals surface area contributed by atoms with Gasteiger partial charge in [-0.2, -0.15) is 13.2 Å². The Balaban J connectivity index is 2.28. The van der Waals surface area contributed by atoms with Gasteiger partial charge in [-0.1, -0.05) is 6.07 Å². The van der Waals surface area contributed by atoms with E-state index in [0.717, 1.165) is 24.3 Å². The van der Waals surface area contributed by atoms with Crippen LogP contribution >= 0.6 is 0 Å². The summed E-state index contributed by atoms with van der Waals surface area (Å²) in [7, 11) is 0. The van der Waals surface area contributed by atoms with E-state index in [2.05, 4.69) is 5.32 Å². The summed E-state index contributed by atoms with van der Waals surface area (Å²) in [4.78, 5) is 10.3. The minimum absolute atomic E-state index is 0.0560. The number of rotatable bonds is 7. The number of nitro groups is 1. The third-order valence-electron chi connectivity index (χ3n) is 3.25. The summed E-state index contributed by atoms with van der Waals surface area (Å²) in [6.45, 7) is -0.587. The van der Waals surface area contributed by atoms with Gasteiger partial charge >= 0.3 is 6.18 Å². The fourth-order valence-electron chi connectivity index (χ4n) is 2.02. The van der Waals surface area contributed by atoms with Crippen molar-refractivity contribution < 1.29 is 33.0 Å². The van der Waals surface area contributed by atoms with Crippen molar-refractivity contribution in [2.24, 2.45) is 0 Å². The summed E-state index contributed by atoms with van der Waals surface area (Å²) in [6.07, 6.45) is -5.63. The van der Waals surface area contributed by atoms with E-state index in [4.69, 9.17) is 9.84 Å². The molecule has 0 heterocycles. The quantitative estimate of drug-likeness (QED) is 0.509. The lowest BCUT2D eigenvalue weighted by atomic mass is 10.2. The van der Waals surface area contributed by atoms with E-state index < -0.39 is 29.4 Å². The van der Waals surface area contributed by atoms with Gasteiger partial charge in [-0.3, -0.25) is 10.1 Å². The number of anilines is 1. The first-order valence-electron chi connectivity index (χ1n) is 7.36. The second-order valence-electron chi connectivity index (χ2n) is 5.32. The molecule has 0 aliphatic rings. The number of ether oxygens (including phenoxy) is 1. The number of nitrogens with zero attached hydrogens (tertiary/aromatic N) is 1. The van der Waals surface area contributed by atoms with Crippen molar-refractivity contribution in [3.63, 3.8) is 0 Å². The smallest absolute Gasteiger partial charge is 0.416 e. The Morgan fingerprint density at radius 2 is 1.92 bits per heavy atom. The molecule has 10 heteroatoms. The van der Waals surface area contributed by atoms with Crippen molar-refractivity contribution >= 4 is 11.4 Å². The maximum atomic E-state index is 12.8. The molecule has 2 aromatic rings. The number of aliphatic hydroxyl groups excluding tert-OH is 2. The molecule has 0 aromatic heterocycles. The van der Waals surface area contributed by atoms with Gasteiger partial charge in [-0.15, -0.1) is 0 Å². The van der Waals surface area contributed by atoms with Gasteiger partial charge < -0.3 is 20.3 Å². The van der Waals surface area contributed by atoms with E-state index >= 15 is 0 Å². The molecule has 0 saturated heterocycles. The van der Waals surface area contributed by atoms with E-state index in [1.54, 1.807) is 0 Å². The Morgan fingerprint density at radius 3 is 2.54 bits per heavy atom. The number of nitro benzene ring substituents is 1. The van der Waals surface area contributed by atoms with Gasteiger partial charge in [0.2, 0.25) is 0 Å². The van der Waals surface area contributed by atoms with Crippen LogP contribution in [0.2, 0.25) is 0 Å². The molecule has 0 fully saturated rings. The molecule has 3 N–H and O–H groups in total. The fourth-order valence-corrected chi connectivity index (χ4v) is 2.02. The highest BCUT2D eigenvalue weighted by atomic mass is 19.4. The summed E-state index contributed by atoms with van der Waals surface area (Å²) in [5.41, 5.74) is -1.06. The Hall–Kier alpha value is -2.85. The van der Waals surface area contributed by atoms with E-state index in [0.29, 0.717) is 0 Å². The Labute approximate surface area is 145 Å². The van der Waals surface area contributed by atoms with Crippen molar-refractivity contribution in [3.05, 3.63) is 58.1 Å². The van der Waals surface area contributed by atoms with E-state index in [1.165, 1.54) is 18.2 Å². The van der Waals surface area contributed by atoms with Crippen LogP contribution < -0.4 is 10.1 Å². The molecule has 1 atom stereocenters. The summed E-state index contributed by atoms with van der Waals surface area (Å²) < 4.78 is 43.6. The molecule has 1 unspecified atom stereocenters. The zero-order valence-corrected chi connectivity index (χ0v) is 13.2. The highest BCUT2D eigenvalue weighted by Gasteiger charge is 2.30. The highest BCUT2D eigenvalue weighted by Crippen LogP contribution is 2.34. The minimum Gasteiger partial charge on any atom is -0.457 e. The largest absolute Gasteiger partial charge is 0.457 e. The molecule has 2 aromatic carbocycles. The van der Waals surface area contributed by atoms with Gasteiger partial charge in [0, 0.05) is 24.4 Å². The Bertz CT molecular complexity index is 783. The third kappa shape index (κ3) is 5.33. The second kappa shape index (κ2) is 8.02. The minimum atomic E-state index is -4.55. The molecule has 0 radical (unpaired) electrons. The highest BCUT2D eigenvalue weighted by molar-refractivity contribution is 5.57. The maximum Gasteiger partial charge on any atom is 0.416 e. The van der Waals surface area contributed by atoms with Crippen LogP contribution in [0.5, 0.6) is 11.5 Å². The van der Waals surface area contributed by atoms with Crippen molar-refractivity contribution in [2.45, 2.75) is 12.3 Å². The summed E-state index contributed by atoms with van der Waals surface area (Å²) in [5.74, 6) is -0.193. The van der Waals surface area contributed by atoms with Crippen LogP contribution in [0.1, 0.15) is 5.56 Å². The molecule has 0 aliphatic heterocycles. The average Bonchev–Trinajstić information content (AvgIpc) is 2.59. The van der Waals surface area contributed by atoms with Crippen LogP contribution in [-0.2, 0) is 6.18 Å². The van der Waals surface area contributed by atoms with E-state index in [-0.39, 0.29) is 29.4 Å². The number of halogens is 3. The maximum absolute atomic E-state index is 12.8. The van der Waals surface area contributed by atoms with Crippen molar-refractivity contribution in [1.82, 2.24) is 0 Å². The standard InChI is InChI=1S/C16H15F3N2O5/c17-16(18,19)10-2-1-3-14(4-10)26-15-6-11(20-8-13(23)9-22)5-12(7-15)21(24)25/h1-7,13,20,22-23H,8-9H2. The van der Waals surface area contributed by atoms with Gasteiger partial charge in [-0.25, -0.2) is 0 Å². The Kier molecular flexibility index (Phi) is 6.01. The molecule has 140 valence electrons. The van der Waals surface area contributed by atoms with Gasteiger partial charge in [-0.05, 0) is 18.2 Å². The third-order valence-corrected chi connectivity index (χ3v) is 3.25. The molecular weight excluding hydrogens is 357 g/mol. The van der Waals surface area contributed by atoms with Crippen LogP contribution in [-0.4, -0.2) is 34.4 Å². The molecule has 7 nitrogen and oxygen atoms in total. The summed E-state index contributed by atoms with van der Waals surface area (Å²) >= 11 is 0. The van der Waals surface area contributed by atoms with Gasteiger partial charge in [0.05, 0.1) is 29.3 Å². The van der Waals surface area contributed by atoms with Gasteiger partial charge in [0.1, 0.15) is 11.5 Å². The monoisotopic (exact) mass is 372 g/mol. The molecule has 0 spiro atoms. The van der Waals surface area contributed by atoms with E-state index in [1.807, 2.05) is 0 Å². The Morgan fingerprint density at radius 1 is 1.19 bits per heavy atom. The zero-order valence-electron chi connectivity index (χ0n) is 13.2. The summed E-state index contributed by atoms with van der Waals surface area (Å²) in [5, 5.41) is 31.8. The van der Waals surface area contributed by atoms with E-state index in [9.17, 15) is 28.4 Å². The summed E-state index contributed by atoms with van der Waals surface area (Å²) in [6, 6.07) is 7.67. The van der Waals surface area contributed by atoms with Crippen LogP contribution in [0.4, 0.5) is 24.5 Å². The average molecular weight is 372 g/mol. The van der Waals surface area contributed by atoms with Crippen molar-refractivity contribution in [3.8, 4) is 11.5 Å². The second-order valence-corrected chi connectivity index (χ2v) is 5.32. The first-order valence-corrected chi connectivity index (χ1v) is 7.36. The van der Waals surface area contributed by atoms with Crippen LogP contribution in [0.3, 0.4) is 0 Å². The van der Waals surface area contributed by atoms with Crippen LogP contribution in [0, 0.1) is 10.1 Å². The van der Waals surface area contributed by atoms with Crippen LogP contribution in [0.25, 0.3) is 0 Å². The topological polar surface area (TPSA) is 105 Å². The lowest BCUT2D eigenvalue weighted by Gasteiger charge is -2.13. The van der Waals surface area contributed by atoms with Gasteiger partial charge in [0.25, 0.3) is 5.69 Å². The fraction of sp³-hybridized carbons (Fsp3) is 0.250. The molecule has 2 rings (SSSR count). The molecule has 0 aliphatic carbocycles. The molecule has 0 amide bonds.